The molecule has 1 fully saturated rings. The Kier molecular flexibility index (Phi) is 6.67. The number of fused-ring (bicyclic) bond motifs is 2. The molecule has 34 heavy (non-hydrogen) atoms. The first-order valence-corrected chi connectivity index (χ1v) is 12.0. The summed E-state index contributed by atoms with van der Waals surface area (Å²) in [7, 11) is 0. The number of nitrogens with one attached hydrogen (secondary N) is 2. The maximum Gasteiger partial charge on any atom is 0.301 e. The number of likely N-dealkylation sites (tertiary alicyclic amines) is 1. The number of carbonyl (C=O) groups excluding carboxylic acids is 1. The molecule has 0 spiro atoms. The van der Waals surface area contributed by atoms with E-state index < -0.39 is 0 Å². The van der Waals surface area contributed by atoms with Gasteiger partial charge in [-0.15, -0.1) is 0 Å². The van der Waals surface area contributed by atoms with Gasteiger partial charge in [0.15, 0.2) is 0 Å². The van der Waals surface area contributed by atoms with Gasteiger partial charge in [-0.2, -0.15) is 0 Å². The standard InChI is InChI=1S/C26H29N5O3/c32-25(28-21-10-12-30(13-11-21)17-19-5-2-1-3-6-19)7-4-14-34-22-8-9-23-20(15-22)16-24-26(29-23)27-18-31(24)33/h1-3,5-6,8-9,15-16,21H,4,7,10-14,17-18H2,(H-,27,28,29,32,33)/p+1. The van der Waals surface area contributed by atoms with E-state index in [0.717, 1.165) is 48.1 Å². The minimum Gasteiger partial charge on any atom is -0.494 e. The summed E-state index contributed by atoms with van der Waals surface area (Å²) in [6.45, 7) is 3.66. The van der Waals surface area contributed by atoms with Gasteiger partial charge in [-0.05, 0) is 43.0 Å². The molecule has 2 aliphatic heterocycles. The van der Waals surface area contributed by atoms with Crippen LogP contribution >= 0.6 is 0 Å². The lowest BCUT2D eigenvalue weighted by Gasteiger charge is -2.32. The number of pyridine rings is 1. The van der Waals surface area contributed by atoms with E-state index in [4.69, 9.17) is 4.74 Å². The van der Waals surface area contributed by atoms with Crippen LogP contribution in [-0.2, 0) is 11.3 Å². The lowest BCUT2D eigenvalue weighted by Crippen LogP contribution is -2.44. The van der Waals surface area contributed by atoms with Crippen LogP contribution in [0, 0.1) is 4.91 Å². The number of carbonyl (C=O) groups is 1. The topological polar surface area (TPSA) is 86.6 Å². The number of amides is 1. The number of ether oxygens (including phenoxy) is 1. The molecule has 2 aliphatic rings. The lowest BCUT2D eigenvalue weighted by atomic mass is 10.0. The van der Waals surface area contributed by atoms with Gasteiger partial charge in [0.1, 0.15) is 5.75 Å². The van der Waals surface area contributed by atoms with Crippen molar-refractivity contribution in [1.82, 2.24) is 15.2 Å². The molecular formula is C26H30N5O3+. The van der Waals surface area contributed by atoms with Crippen LogP contribution < -0.4 is 15.4 Å². The van der Waals surface area contributed by atoms with Crippen LogP contribution in [0.3, 0.4) is 0 Å². The van der Waals surface area contributed by atoms with Gasteiger partial charge in [0.25, 0.3) is 6.67 Å². The molecule has 0 atom stereocenters. The average molecular weight is 461 g/mol. The van der Waals surface area contributed by atoms with E-state index in [0.29, 0.717) is 36.7 Å². The molecule has 5 rings (SSSR count). The Bertz CT molecular complexity index is 1180. The van der Waals surface area contributed by atoms with Gasteiger partial charge < -0.3 is 15.4 Å². The average Bonchev–Trinajstić information content (AvgIpc) is 3.22. The van der Waals surface area contributed by atoms with Gasteiger partial charge in [-0.25, -0.2) is 4.98 Å². The maximum atomic E-state index is 12.4. The number of aromatic nitrogens is 1. The van der Waals surface area contributed by atoms with Gasteiger partial charge in [0.2, 0.25) is 11.7 Å². The van der Waals surface area contributed by atoms with Crippen molar-refractivity contribution in [3.05, 3.63) is 65.1 Å². The van der Waals surface area contributed by atoms with E-state index in [9.17, 15) is 9.70 Å². The van der Waals surface area contributed by atoms with Crippen LogP contribution in [0.1, 0.15) is 31.2 Å². The fourth-order valence-corrected chi connectivity index (χ4v) is 4.58. The number of piperidine rings is 1. The summed E-state index contributed by atoms with van der Waals surface area (Å²) in [6.07, 6.45) is 3.07. The minimum absolute atomic E-state index is 0.0893. The zero-order valence-corrected chi connectivity index (χ0v) is 19.2. The summed E-state index contributed by atoms with van der Waals surface area (Å²) >= 11 is 0. The summed E-state index contributed by atoms with van der Waals surface area (Å²) in [5.74, 6) is 1.42. The molecule has 3 heterocycles. The first-order chi connectivity index (χ1) is 16.6. The SMILES string of the molecule is O=C(CCCOc1ccc2nc3c(cc2c1)[N+](=O)CN3)NC1CCN(Cc2ccccc2)CC1. The van der Waals surface area contributed by atoms with E-state index in [1.54, 1.807) is 0 Å². The third-order valence-corrected chi connectivity index (χ3v) is 6.44. The summed E-state index contributed by atoms with van der Waals surface area (Å²) in [6, 6.07) is 18.2. The van der Waals surface area contributed by atoms with Gasteiger partial charge in [0, 0.05) is 48.5 Å². The van der Waals surface area contributed by atoms with Crippen molar-refractivity contribution in [1.29, 1.82) is 0 Å². The number of hydrogen-bond donors (Lipinski definition) is 2. The smallest absolute Gasteiger partial charge is 0.301 e. The predicted octanol–water partition coefficient (Wildman–Crippen LogP) is 3.97. The Morgan fingerprint density at radius 1 is 1.15 bits per heavy atom. The second kappa shape index (κ2) is 10.2. The predicted molar refractivity (Wildman–Crippen MR) is 131 cm³/mol. The fourth-order valence-electron chi connectivity index (χ4n) is 4.58. The van der Waals surface area contributed by atoms with Gasteiger partial charge in [-0.1, -0.05) is 30.3 Å². The molecule has 2 N–H and O–H groups in total. The molecule has 0 aliphatic carbocycles. The normalized spacial score (nSPS) is 16.3. The number of hydrogen-bond acceptors (Lipinski definition) is 6. The van der Waals surface area contributed by atoms with Crippen LogP contribution in [0.15, 0.2) is 54.6 Å². The number of rotatable bonds is 8. The van der Waals surface area contributed by atoms with E-state index in [-0.39, 0.29) is 18.6 Å². The Hall–Kier alpha value is -3.52. The Labute approximate surface area is 198 Å². The number of benzene rings is 2. The highest BCUT2D eigenvalue weighted by Crippen LogP contribution is 2.32. The van der Waals surface area contributed by atoms with Crippen LogP contribution in [0.4, 0.5) is 11.5 Å². The second-order valence-electron chi connectivity index (χ2n) is 8.98. The molecule has 0 bridgehead atoms. The van der Waals surface area contributed by atoms with Crippen molar-refractivity contribution in [3.8, 4) is 5.75 Å². The zero-order valence-electron chi connectivity index (χ0n) is 19.2. The first-order valence-electron chi connectivity index (χ1n) is 12.0. The number of nitroso groups, excluding NO2 is 1. The number of nitrogens with zero attached hydrogens (tertiary/aromatic N) is 3. The maximum absolute atomic E-state index is 12.4. The summed E-state index contributed by atoms with van der Waals surface area (Å²) < 4.78 is 6.74. The van der Waals surface area contributed by atoms with E-state index in [1.807, 2.05) is 30.3 Å². The van der Waals surface area contributed by atoms with Crippen molar-refractivity contribution >= 4 is 28.3 Å². The molecular weight excluding hydrogens is 430 g/mol. The van der Waals surface area contributed by atoms with E-state index >= 15 is 0 Å². The molecule has 8 heteroatoms. The largest absolute Gasteiger partial charge is 0.494 e. The van der Waals surface area contributed by atoms with E-state index in [1.165, 1.54) is 5.56 Å². The molecule has 0 radical (unpaired) electrons. The van der Waals surface area contributed by atoms with Crippen LogP contribution in [0.2, 0.25) is 0 Å². The van der Waals surface area contributed by atoms with Gasteiger partial charge in [-0.3, -0.25) is 9.69 Å². The number of anilines is 1. The molecule has 176 valence electrons. The summed E-state index contributed by atoms with van der Waals surface area (Å²) in [4.78, 5) is 31.2. The third kappa shape index (κ3) is 5.34. The second-order valence-corrected chi connectivity index (χ2v) is 8.98. The van der Waals surface area contributed by atoms with Crippen molar-refractivity contribution in [3.63, 3.8) is 0 Å². The molecule has 0 saturated carbocycles. The fraction of sp³-hybridized carbons (Fsp3) is 0.385. The summed E-state index contributed by atoms with van der Waals surface area (Å²) in [5.41, 5.74) is 2.69. The van der Waals surface area contributed by atoms with Gasteiger partial charge in [0.05, 0.1) is 16.9 Å². The van der Waals surface area contributed by atoms with Crippen LogP contribution in [-0.4, -0.2) is 53.0 Å². The van der Waals surface area contributed by atoms with Crippen molar-refractivity contribution in [2.24, 2.45) is 0 Å². The Morgan fingerprint density at radius 3 is 2.79 bits per heavy atom. The van der Waals surface area contributed by atoms with E-state index in [2.05, 4.69) is 44.8 Å². The molecule has 3 aromatic rings. The Morgan fingerprint density at radius 2 is 1.97 bits per heavy atom. The highest BCUT2D eigenvalue weighted by Gasteiger charge is 2.28. The van der Waals surface area contributed by atoms with Crippen molar-refractivity contribution < 1.29 is 14.3 Å². The third-order valence-electron chi connectivity index (χ3n) is 6.44. The molecule has 1 saturated heterocycles. The molecule has 1 aromatic heterocycles. The summed E-state index contributed by atoms with van der Waals surface area (Å²) in [5, 5.41) is 7.02. The zero-order chi connectivity index (χ0) is 23.3. The molecule has 1 amide bonds. The minimum atomic E-state index is 0.0893. The van der Waals surface area contributed by atoms with Crippen molar-refractivity contribution in [2.45, 2.75) is 38.3 Å². The lowest BCUT2D eigenvalue weighted by molar-refractivity contribution is -0.447. The Balaban J connectivity index is 1.02. The van der Waals surface area contributed by atoms with Gasteiger partial charge >= 0.3 is 5.69 Å². The van der Waals surface area contributed by atoms with Crippen LogP contribution in [0.25, 0.3) is 10.9 Å². The first kappa shape index (κ1) is 22.3. The quantitative estimate of drug-likeness (QED) is 0.391. The molecule has 0 unspecified atom stereocenters. The van der Waals surface area contributed by atoms with Crippen molar-refractivity contribution in [2.75, 3.05) is 31.7 Å². The van der Waals surface area contributed by atoms with Crippen LogP contribution in [0.5, 0.6) is 5.75 Å². The highest BCUT2D eigenvalue weighted by atomic mass is 16.5. The highest BCUT2D eigenvalue weighted by molar-refractivity contribution is 5.86. The molecule has 8 nitrogen and oxygen atoms in total. The molecule has 2 aromatic carbocycles. The monoisotopic (exact) mass is 460 g/mol.